The van der Waals surface area contributed by atoms with E-state index < -0.39 is 0 Å². The van der Waals surface area contributed by atoms with E-state index in [1.165, 1.54) is 24.1 Å². The molecule has 13 heavy (non-hydrogen) atoms. The molecule has 1 N–H and O–H groups in total. The zero-order valence-corrected chi connectivity index (χ0v) is 7.76. The van der Waals surface area contributed by atoms with Crippen molar-refractivity contribution in [2.75, 3.05) is 0 Å². The van der Waals surface area contributed by atoms with E-state index in [9.17, 15) is 4.39 Å². The number of rotatable bonds is 1. The standard InChI is InChI=1S/C11H14FN/c1-8-2-7-11(13-8)9-3-5-10(12)6-4-9/h3-6,8,11,13H,2,7H2,1H3. The Morgan fingerprint density at radius 2 is 1.92 bits per heavy atom. The Morgan fingerprint density at radius 3 is 2.46 bits per heavy atom. The van der Waals surface area contributed by atoms with E-state index >= 15 is 0 Å². The summed E-state index contributed by atoms with van der Waals surface area (Å²) in [5.41, 5.74) is 1.20. The zero-order valence-electron chi connectivity index (χ0n) is 7.76. The van der Waals surface area contributed by atoms with Gasteiger partial charge in [0.15, 0.2) is 0 Å². The molecule has 0 bridgehead atoms. The van der Waals surface area contributed by atoms with Gasteiger partial charge in [-0.3, -0.25) is 0 Å². The lowest BCUT2D eigenvalue weighted by molar-refractivity contribution is 0.581. The van der Waals surface area contributed by atoms with E-state index in [4.69, 9.17) is 0 Å². The Labute approximate surface area is 78.0 Å². The number of benzene rings is 1. The monoisotopic (exact) mass is 179 g/mol. The first-order valence-corrected chi connectivity index (χ1v) is 4.77. The summed E-state index contributed by atoms with van der Waals surface area (Å²) in [4.78, 5) is 0. The summed E-state index contributed by atoms with van der Waals surface area (Å²) in [6, 6.07) is 7.81. The molecule has 2 rings (SSSR count). The Balaban J connectivity index is 2.13. The van der Waals surface area contributed by atoms with Crippen LogP contribution in [0.3, 0.4) is 0 Å². The summed E-state index contributed by atoms with van der Waals surface area (Å²) in [5.74, 6) is -0.158. The molecule has 0 amide bonds. The minimum absolute atomic E-state index is 0.158. The van der Waals surface area contributed by atoms with Crippen LogP contribution in [-0.4, -0.2) is 6.04 Å². The van der Waals surface area contributed by atoms with Crippen LogP contribution >= 0.6 is 0 Å². The van der Waals surface area contributed by atoms with Gasteiger partial charge in [0.1, 0.15) is 5.82 Å². The second kappa shape index (κ2) is 3.46. The maximum absolute atomic E-state index is 12.6. The number of hydrogen-bond donors (Lipinski definition) is 1. The molecule has 1 nitrogen and oxygen atoms in total. The third-order valence-corrected chi connectivity index (χ3v) is 2.65. The first-order valence-electron chi connectivity index (χ1n) is 4.77. The molecule has 0 radical (unpaired) electrons. The van der Waals surface area contributed by atoms with E-state index in [1.54, 1.807) is 0 Å². The molecule has 0 aliphatic carbocycles. The van der Waals surface area contributed by atoms with Crippen molar-refractivity contribution in [2.45, 2.75) is 31.8 Å². The molecule has 1 aliphatic heterocycles. The summed E-state index contributed by atoms with van der Waals surface area (Å²) in [6.07, 6.45) is 2.37. The van der Waals surface area contributed by atoms with E-state index in [-0.39, 0.29) is 5.82 Å². The van der Waals surface area contributed by atoms with Crippen LogP contribution in [0.2, 0.25) is 0 Å². The Kier molecular flexibility index (Phi) is 2.32. The number of halogens is 1. The van der Waals surface area contributed by atoms with Gasteiger partial charge in [0, 0.05) is 12.1 Å². The fraction of sp³-hybridized carbons (Fsp3) is 0.455. The number of nitrogens with one attached hydrogen (secondary N) is 1. The van der Waals surface area contributed by atoms with Crippen LogP contribution in [0.4, 0.5) is 4.39 Å². The quantitative estimate of drug-likeness (QED) is 0.698. The van der Waals surface area contributed by atoms with Crippen LogP contribution in [0.5, 0.6) is 0 Å². The molecule has 2 heteroatoms. The van der Waals surface area contributed by atoms with Gasteiger partial charge >= 0.3 is 0 Å². The summed E-state index contributed by atoms with van der Waals surface area (Å²) >= 11 is 0. The maximum atomic E-state index is 12.6. The molecule has 2 unspecified atom stereocenters. The molecule has 1 heterocycles. The third-order valence-electron chi connectivity index (χ3n) is 2.65. The van der Waals surface area contributed by atoms with Crippen molar-refractivity contribution < 1.29 is 4.39 Å². The highest BCUT2D eigenvalue weighted by Crippen LogP contribution is 2.25. The maximum Gasteiger partial charge on any atom is 0.123 e. The van der Waals surface area contributed by atoms with Gasteiger partial charge in [-0.15, -0.1) is 0 Å². The predicted molar refractivity (Wildman–Crippen MR) is 51.0 cm³/mol. The van der Waals surface area contributed by atoms with E-state index in [0.29, 0.717) is 12.1 Å². The molecular formula is C11H14FN. The van der Waals surface area contributed by atoms with Crippen LogP contribution in [0.15, 0.2) is 24.3 Å². The Bertz CT molecular complexity index is 281. The Morgan fingerprint density at radius 1 is 1.23 bits per heavy atom. The highest BCUT2D eigenvalue weighted by molar-refractivity contribution is 5.20. The van der Waals surface area contributed by atoms with Crippen molar-refractivity contribution in [3.63, 3.8) is 0 Å². The molecule has 1 fully saturated rings. The van der Waals surface area contributed by atoms with Crippen molar-refractivity contribution in [1.29, 1.82) is 0 Å². The van der Waals surface area contributed by atoms with Crippen LogP contribution in [-0.2, 0) is 0 Å². The SMILES string of the molecule is CC1CCC(c2ccc(F)cc2)N1. The van der Waals surface area contributed by atoms with Gasteiger partial charge in [-0.2, -0.15) is 0 Å². The smallest absolute Gasteiger partial charge is 0.123 e. The van der Waals surface area contributed by atoms with Crippen LogP contribution in [0.25, 0.3) is 0 Å². The van der Waals surface area contributed by atoms with Crippen LogP contribution in [0, 0.1) is 5.82 Å². The first-order chi connectivity index (χ1) is 6.25. The second-order valence-electron chi connectivity index (χ2n) is 3.75. The predicted octanol–water partition coefficient (Wildman–Crippen LogP) is 2.64. The molecule has 1 aromatic rings. The topological polar surface area (TPSA) is 12.0 Å². The van der Waals surface area contributed by atoms with Crippen molar-refractivity contribution in [2.24, 2.45) is 0 Å². The molecule has 0 saturated carbocycles. The lowest BCUT2D eigenvalue weighted by Crippen LogP contribution is -2.20. The molecule has 1 aliphatic rings. The molecule has 2 atom stereocenters. The zero-order chi connectivity index (χ0) is 9.26. The molecule has 0 spiro atoms. The van der Waals surface area contributed by atoms with Gasteiger partial charge < -0.3 is 5.32 Å². The van der Waals surface area contributed by atoms with Crippen molar-refractivity contribution in [3.05, 3.63) is 35.6 Å². The van der Waals surface area contributed by atoms with Gasteiger partial charge in [-0.25, -0.2) is 4.39 Å². The van der Waals surface area contributed by atoms with E-state index in [0.717, 1.165) is 6.42 Å². The summed E-state index contributed by atoms with van der Waals surface area (Å²) in [7, 11) is 0. The van der Waals surface area contributed by atoms with Gasteiger partial charge in [0.25, 0.3) is 0 Å². The molecule has 1 saturated heterocycles. The minimum Gasteiger partial charge on any atom is -0.307 e. The van der Waals surface area contributed by atoms with Gasteiger partial charge in [0.2, 0.25) is 0 Å². The van der Waals surface area contributed by atoms with Crippen molar-refractivity contribution in [1.82, 2.24) is 5.32 Å². The molecule has 0 aromatic heterocycles. The minimum atomic E-state index is -0.158. The highest BCUT2D eigenvalue weighted by Gasteiger charge is 2.21. The first kappa shape index (κ1) is 8.70. The average Bonchev–Trinajstić information content (AvgIpc) is 2.53. The van der Waals surface area contributed by atoms with E-state index in [2.05, 4.69) is 12.2 Å². The van der Waals surface area contributed by atoms with E-state index in [1.807, 2.05) is 12.1 Å². The molecule has 1 aromatic carbocycles. The van der Waals surface area contributed by atoms with Crippen LogP contribution < -0.4 is 5.32 Å². The lowest BCUT2D eigenvalue weighted by Gasteiger charge is -2.11. The fourth-order valence-electron chi connectivity index (χ4n) is 1.88. The van der Waals surface area contributed by atoms with Gasteiger partial charge in [-0.05, 0) is 37.5 Å². The average molecular weight is 179 g/mol. The van der Waals surface area contributed by atoms with Gasteiger partial charge in [0.05, 0.1) is 0 Å². The largest absolute Gasteiger partial charge is 0.307 e. The lowest BCUT2D eigenvalue weighted by atomic mass is 10.1. The fourth-order valence-corrected chi connectivity index (χ4v) is 1.88. The third kappa shape index (κ3) is 1.89. The highest BCUT2D eigenvalue weighted by atomic mass is 19.1. The summed E-state index contributed by atoms with van der Waals surface area (Å²) < 4.78 is 12.6. The molecular weight excluding hydrogens is 165 g/mol. The summed E-state index contributed by atoms with van der Waals surface area (Å²) in [6.45, 7) is 2.18. The van der Waals surface area contributed by atoms with Crippen LogP contribution in [0.1, 0.15) is 31.4 Å². The summed E-state index contributed by atoms with van der Waals surface area (Å²) in [5, 5.41) is 3.47. The van der Waals surface area contributed by atoms with Crippen molar-refractivity contribution in [3.8, 4) is 0 Å². The second-order valence-corrected chi connectivity index (χ2v) is 3.75. The van der Waals surface area contributed by atoms with Gasteiger partial charge in [-0.1, -0.05) is 12.1 Å². The number of hydrogen-bond acceptors (Lipinski definition) is 1. The van der Waals surface area contributed by atoms with Crippen molar-refractivity contribution >= 4 is 0 Å². The normalized spacial score (nSPS) is 27.8. The Hall–Kier alpha value is -0.890. The molecule has 70 valence electrons.